The van der Waals surface area contributed by atoms with Gasteiger partial charge in [-0.2, -0.15) is 0 Å². The highest BCUT2D eigenvalue weighted by Gasteiger charge is 2.10. The molecule has 0 unspecified atom stereocenters. The van der Waals surface area contributed by atoms with Crippen LogP contribution in [-0.2, 0) is 6.42 Å². The predicted molar refractivity (Wildman–Crippen MR) is 81.8 cm³/mol. The van der Waals surface area contributed by atoms with Crippen molar-refractivity contribution in [3.8, 4) is 17.2 Å². The number of benzene rings is 2. The molecule has 2 aromatic rings. The van der Waals surface area contributed by atoms with Crippen molar-refractivity contribution in [2.75, 3.05) is 12.8 Å². The number of carbonyl (C=O) groups is 1. The first-order valence-electron chi connectivity index (χ1n) is 6.59. The minimum Gasteiger partial charge on any atom is -0.493 e. The number of methoxy groups -OCH3 is 1. The molecular weight excluding hydrogens is 268 g/mol. The summed E-state index contributed by atoms with van der Waals surface area (Å²) in [5.41, 5.74) is 12.9. The van der Waals surface area contributed by atoms with Gasteiger partial charge in [-0.15, -0.1) is 0 Å². The third kappa shape index (κ3) is 3.25. The van der Waals surface area contributed by atoms with Crippen LogP contribution in [-0.4, -0.2) is 13.0 Å². The molecule has 0 saturated carbocycles. The van der Waals surface area contributed by atoms with Gasteiger partial charge in [0.05, 0.1) is 12.8 Å². The summed E-state index contributed by atoms with van der Waals surface area (Å²) in [6.07, 6.45) is 0.909. The average Bonchev–Trinajstić information content (AvgIpc) is 2.49. The fourth-order valence-corrected chi connectivity index (χ4v) is 1.93. The van der Waals surface area contributed by atoms with E-state index in [4.69, 9.17) is 20.9 Å². The van der Waals surface area contributed by atoms with Crippen LogP contribution >= 0.6 is 0 Å². The summed E-state index contributed by atoms with van der Waals surface area (Å²) >= 11 is 0. The number of anilines is 1. The summed E-state index contributed by atoms with van der Waals surface area (Å²) < 4.78 is 11.1. The maximum absolute atomic E-state index is 11.1. The van der Waals surface area contributed by atoms with Crippen molar-refractivity contribution in [2.24, 2.45) is 5.73 Å². The van der Waals surface area contributed by atoms with Crippen LogP contribution in [0.15, 0.2) is 36.4 Å². The maximum atomic E-state index is 11.1. The van der Waals surface area contributed by atoms with Gasteiger partial charge in [-0.3, -0.25) is 4.79 Å². The van der Waals surface area contributed by atoms with Crippen LogP contribution in [0.1, 0.15) is 22.8 Å². The summed E-state index contributed by atoms with van der Waals surface area (Å²) in [5, 5.41) is 0. The van der Waals surface area contributed by atoms with Crippen molar-refractivity contribution in [3.63, 3.8) is 0 Å². The van der Waals surface area contributed by atoms with Crippen LogP contribution in [0, 0.1) is 0 Å². The SMILES string of the molecule is CCc1ccc(Oc2ccc(C(N)=O)cc2N)c(OC)c1. The largest absolute Gasteiger partial charge is 0.493 e. The highest BCUT2D eigenvalue weighted by atomic mass is 16.5. The second-order valence-corrected chi connectivity index (χ2v) is 4.56. The van der Waals surface area contributed by atoms with Crippen LogP contribution in [0.5, 0.6) is 17.2 Å². The number of nitrogens with two attached hydrogens (primary N) is 2. The van der Waals surface area contributed by atoms with Crippen LogP contribution < -0.4 is 20.9 Å². The molecule has 21 heavy (non-hydrogen) atoms. The standard InChI is InChI=1S/C16H18N2O3/c1-3-10-4-6-14(15(8-10)20-2)21-13-7-5-11(16(18)19)9-12(13)17/h4-9H,3,17H2,1-2H3,(H2,18,19). The fraction of sp³-hybridized carbons (Fsp3) is 0.188. The number of amides is 1. The Balaban J connectivity index is 2.32. The molecule has 0 aliphatic carbocycles. The number of carbonyl (C=O) groups excluding carboxylic acids is 1. The first kappa shape index (κ1) is 14.7. The quantitative estimate of drug-likeness (QED) is 0.827. The van der Waals surface area contributed by atoms with Crippen molar-refractivity contribution in [3.05, 3.63) is 47.5 Å². The zero-order valence-electron chi connectivity index (χ0n) is 12.1. The number of nitrogen functional groups attached to an aromatic ring is 1. The molecule has 2 aromatic carbocycles. The van der Waals surface area contributed by atoms with Crippen LogP contribution in [0.3, 0.4) is 0 Å². The number of hydrogen-bond acceptors (Lipinski definition) is 4. The van der Waals surface area contributed by atoms with Gasteiger partial charge in [0.1, 0.15) is 0 Å². The summed E-state index contributed by atoms with van der Waals surface area (Å²) in [7, 11) is 1.58. The Labute approximate surface area is 123 Å². The number of hydrogen-bond donors (Lipinski definition) is 2. The van der Waals surface area contributed by atoms with E-state index in [0.29, 0.717) is 28.5 Å². The van der Waals surface area contributed by atoms with Gasteiger partial charge >= 0.3 is 0 Å². The zero-order chi connectivity index (χ0) is 15.4. The van der Waals surface area contributed by atoms with Gasteiger partial charge in [0.15, 0.2) is 17.2 Å². The lowest BCUT2D eigenvalue weighted by Gasteiger charge is -2.13. The van der Waals surface area contributed by atoms with Crippen molar-refractivity contribution in [1.82, 2.24) is 0 Å². The molecule has 0 fully saturated rings. The van der Waals surface area contributed by atoms with Crippen molar-refractivity contribution in [1.29, 1.82) is 0 Å². The number of ether oxygens (including phenoxy) is 2. The minimum atomic E-state index is -0.530. The molecule has 5 nitrogen and oxygen atoms in total. The average molecular weight is 286 g/mol. The molecule has 0 aliphatic rings. The molecule has 4 N–H and O–H groups in total. The molecule has 0 saturated heterocycles. The van der Waals surface area contributed by atoms with E-state index in [1.54, 1.807) is 19.2 Å². The third-order valence-electron chi connectivity index (χ3n) is 3.15. The first-order valence-corrected chi connectivity index (χ1v) is 6.59. The molecule has 0 radical (unpaired) electrons. The molecule has 5 heteroatoms. The Morgan fingerprint density at radius 2 is 1.81 bits per heavy atom. The molecule has 110 valence electrons. The Morgan fingerprint density at radius 3 is 2.38 bits per heavy atom. The second-order valence-electron chi connectivity index (χ2n) is 4.56. The summed E-state index contributed by atoms with van der Waals surface area (Å²) in [6.45, 7) is 2.07. The molecule has 0 aliphatic heterocycles. The third-order valence-corrected chi connectivity index (χ3v) is 3.15. The van der Waals surface area contributed by atoms with Crippen LogP contribution in [0.25, 0.3) is 0 Å². The number of aryl methyl sites for hydroxylation is 1. The highest BCUT2D eigenvalue weighted by molar-refractivity contribution is 5.94. The van der Waals surface area contributed by atoms with Gasteiger partial charge in [-0.1, -0.05) is 13.0 Å². The highest BCUT2D eigenvalue weighted by Crippen LogP contribution is 2.35. The lowest BCUT2D eigenvalue weighted by atomic mass is 10.1. The monoisotopic (exact) mass is 286 g/mol. The van der Waals surface area contributed by atoms with Crippen molar-refractivity contribution < 1.29 is 14.3 Å². The lowest BCUT2D eigenvalue weighted by Crippen LogP contribution is -2.11. The zero-order valence-corrected chi connectivity index (χ0v) is 12.1. The van der Waals surface area contributed by atoms with E-state index in [1.807, 2.05) is 18.2 Å². The van der Waals surface area contributed by atoms with Gasteiger partial charge < -0.3 is 20.9 Å². The summed E-state index contributed by atoms with van der Waals surface area (Å²) in [5.74, 6) is 1.11. The molecule has 0 aromatic heterocycles. The minimum absolute atomic E-state index is 0.341. The second kappa shape index (κ2) is 6.17. The lowest BCUT2D eigenvalue weighted by molar-refractivity contribution is 0.100. The molecule has 0 spiro atoms. The van der Waals surface area contributed by atoms with E-state index in [1.165, 1.54) is 6.07 Å². The molecule has 0 heterocycles. The van der Waals surface area contributed by atoms with Gasteiger partial charge in [-0.05, 0) is 42.3 Å². The van der Waals surface area contributed by atoms with E-state index in [9.17, 15) is 4.79 Å². The number of primary amides is 1. The van der Waals surface area contributed by atoms with E-state index < -0.39 is 5.91 Å². The smallest absolute Gasteiger partial charge is 0.248 e. The Morgan fingerprint density at radius 1 is 1.10 bits per heavy atom. The molecule has 1 amide bonds. The first-order chi connectivity index (χ1) is 10.0. The van der Waals surface area contributed by atoms with E-state index in [2.05, 4.69) is 6.92 Å². The van der Waals surface area contributed by atoms with Crippen molar-refractivity contribution >= 4 is 11.6 Å². The maximum Gasteiger partial charge on any atom is 0.248 e. The van der Waals surface area contributed by atoms with E-state index in [0.717, 1.165) is 12.0 Å². The van der Waals surface area contributed by atoms with Crippen LogP contribution in [0.2, 0.25) is 0 Å². The predicted octanol–water partition coefficient (Wildman–Crippen LogP) is 2.73. The van der Waals surface area contributed by atoms with Gasteiger partial charge in [0.25, 0.3) is 0 Å². The number of rotatable bonds is 5. The molecule has 0 atom stereocenters. The van der Waals surface area contributed by atoms with Gasteiger partial charge in [0.2, 0.25) is 5.91 Å². The molecule has 0 bridgehead atoms. The molecular formula is C16H18N2O3. The topological polar surface area (TPSA) is 87.6 Å². The molecule has 2 rings (SSSR count). The van der Waals surface area contributed by atoms with E-state index in [-0.39, 0.29) is 0 Å². The normalized spacial score (nSPS) is 10.2. The van der Waals surface area contributed by atoms with E-state index >= 15 is 0 Å². The fourth-order valence-electron chi connectivity index (χ4n) is 1.93. The summed E-state index contributed by atoms with van der Waals surface area (Å²) in [6, 6.07) is 10.4. The van der Waals surface area contributed by atoms with Crippen molar-refractivity contribution in [2.45, 2.75) is 13.3 Å². The van der Waals surface area contributed by atoms with Gasteiger partial charge in [0, 0.05) is 5.56 Å². The Hall–Kier alpha value is -2.69. The summed E-state index contributed by atoms with van der Waals surface area (Å²) in [4.78, 5) is 11.1. The Bertz CT molecular complexity index is 669. The van der Waals surface area contributed by atoms with Gasteiger partial charge in [-0.25, -0.2) is 0 Å². The van der Waals surface area contributed by atoms with Crippen LogP contribution in [0.4, 0.5) is 5.69 Å². The Kier molecular flexibility index (Phi) is 4.33.